The van der Waals surface area contributed by atoms with E-state index in [4.69, 9.17) is 5.73 Å². The number of carbonyl (C=O) groups excluding carboxylic acids is 2. The number of aromatic nitrogens is 2. The maximum absolute atomic E-state index is 12.8. The molecular formula is C22H35N5O3. The van der Waals surface area contributed by atoms with Gasteiger partial charge in [0.15, 0.2) is 0 Å². The molecule has 3 rings (SSSR count). The summed E-state index contributed by atoms with van der Waals surface area (Å²) in [5, 5.41) is 10.3. The molecule has 1 saturated heterocycles. The molecule has 2 aromatic heterocycles. The van der Waals surface area contributed by atoms with Crippen LogP contribution in [-0.2, 0) is 4.79 Å². The average Bonchev–Trinajstić information content (AvgIpc) is 2.98. The first kappa shape index (κ1) is 21.7. The Bertz CT molecular complexity index is 939. The van der Waals surface area contributed by atoms with E-state index in [1.165, 1.54) is 6.20 Å². The van der Waals surface area contributed by atoms with Gasteiger partial charge in [0.05, 0.1) is 5.56 Å². The van der Waals surface area contributed by atoms with Gasteiger partial charge in [-0.05, 0) is 36.1 Å². The third kappa shape index (κ3) is 4.76. The van der Waals surface area contributed by atoms with E-state index in [0.717, 1.165) is 6.42 Å². The first-order chi connectivity index (χ1) is 14.2. The molecule has 1 aliphatic rings. The third-order valence-electron chi connectivity index (χ3n) is 5.24. The van der Waals surface area contributed by atoms with Gasteiger partial charge < -0.3 is 20.6 Å². The van der Waals surface area contributed by atoms with E-state index in [9.17, 15) is 14.7 Å². The number of ketones is 1. The standard InChI is InChI=1S/C22H29N5O3.3H2/c1-22(2,3)19(29)21(30)27-12-6-11-26(13-14-27)17-9-4-8-16(25-17)18(28)15-7-5-10-24-20(15)23;;;/h4-5,7-10,19,29H,6,11-14H2,1-3H3,(H2,23,24);3*1H. The highest BCUT2D eigenvalue weighted by molar-refractivity contribution is 6.10. The lowest BCUT2D eigenvalue weighted by Gasteiger charge is -2.30. The molecule has 0 radical (unpaired) electrons. The summed E-state index contributed by atoms with van der Waals surface area (Å²) in [6.07, 6.45) is 1.25. The van der Waals surface area contributed by atoms with Crippen LogP contribution >= 0.6 is 0 Å². The molecule has 166 valence electrons. The number of nitrogens with two attached hydrogens (primary N) is 1. The summed E-state index contributed by atoms with van der Waals surface area (Å²) in [5.41, 5.74) is 5.95. The number of pyridine rings is 2. The second-order valence-electron chi connectivity index (χ2n) is 8.58. The number of hydrogen-bond donors (Lipinski definition) is 2. The van der Waals surface area contributed by atoms with Crippen LogP contribution in [0.25, 0.3) is 0 Å². The molecule has 30 heavy (non-hydrogen) atoms. The van der Waals surface area contributed by atoms with Gasteiger partial charge >= 0.3 is 0 Å². The number of carbonyl (C=O) groups is 2. The molecule has 1 aliphatic heterocycles. The van der Waals surface area contributed by atoms with Gasteiger partial charge in [-0.15, -0.1) is 0 Å². The highest BCUT2D eigenvalue weighted by Gasteiger charge is 2.33. The van der Waals surface area contributed by atoms with Crippen molar-refractivity contribution < 1.29 is 19.0 Å². The molecule has 1 atom stereocenters. The number of nitrogen functional groups attached to an aromatic ring is 1. The normalized spacial score (nSPS) is 16.1. The SMILES string of the molecule is CC(C)(C)C(O)C(=O)N1CCCN(c2cccc(C(=O)c3cccnc3N)n2)CC1.[HH].[HH].[HH]. The zero-order chi connectivity index (χ0) is 21.9. The molecule has 3 N–H and O–H groups in total. The summed E-state index contributed by atoms with van der Waals surface area (Å²) in [5.74, 6) is 0.334. The Kier molecular flexibility index (Phi) is 6.36. The molecule has 0 aromatic carbocycles. The van der Waals surface area contributed by atoms with Gasteiger partial charge in [0.2, 0.25) is 5.78 Å². The van der Waals surface area contributed by atoms with Crippen LogP contribution in [-0.4, -0.2) is 63.9 Å². The van der Waals surface area contributed by atoms with Gasteiger partial charge in [-0.25, -0.2) is 9.97 Å². The van der Waals surface area contributed by atoms with Crippen molar-refractivity contribution in [3.63, 3.8) is 0 Å². The van der Waals surface area contributed by atoms with Crippen LogP contribution in [0.5, 0.6) is 0 Å². The van der Waals surface area contributed by atoms with Gasteiger partial charge in [0.1, 0.15) is 23.4 Å². The van der Waals surface area contributed by atoms with Crippen LogP contribution in [0.2, 0.25) is 0 Å². The van der Waals surface area contributed by atoms with E-state index in [-0.39, 0.29) is 21.8 Å². The van der Waals surface area contributed by atoms with E-state index in [2.05, 4.69) is 14.9 Å². The molecule has 0 spiro atoms. The van der Waals surface area contributed by atoms with E-state index in [1.54, 1.807) is 29.2 Å². The van der Waals surface area contributed by atoms with Crippen molar-refractivity contribution in [1.82, 2.24) is 14.9 Å². The molecule has 3 heterocycles. The van der Waals surface area contributed by atoms with Crippen LogP contribution < -0.4 is 10.6 Å². The molecule has 1 unspecified atom stereocenters. The van der Waals surface area contributed by atoms with Crippen LogP contribution in [0, 0.1) is 5.41 Å². The van der Waals surface area contributed by atoms with Crippen LogP contribution in [0.3, 0.4) is 0 Å². The zero-order valence-corrected chi connectivity index (χ0v) is 17.7. The fourth-order valence-corrected chi connectivity index (χ4v) is 3.38. The molecule has 8 heteroatoms. The average molecular weight is 418 g/mol. The van der Waals surface area contributed by atoms with E-state index < -0.39 is 11.5 Å². The number of aliphatic hydroxyl groups excluding tert-OH is 1. The van der Waals surface area contributed by atoms with E-state index in [0.29, 0.717) is 43.3 Å². The lowest BCUT2D eigenvalue weighted by Crippen LogP contribution is -2.46. The van der Waals surface area contributed by atoms with E-state index in [1.807, 2.05) is 26.8 Å². The number of hydrogen-bond acceptors (Lipinski definition) is 7. The number of rotatable bonds is 4. The molecule has 1 fully saturated rings. The van der Waals surface area contributed by atoms with Crippen molar-refractivity contribution in [2.45, 2.75) is 33.3 Å². The fourth-order valence-electron chi connectivity index (χ4n) is 3.38. The molecule has 0 aliphatic carbocycles. The molecule has 8 nitrogen and oxygen atoms in total. The zero-order valence-electron chi connectivity index (χ0n) is 17.7. The monoisotopic (exact) mass is 417 g/mol. The first-order valence-corrected chi connectivity index (χ1v) is 10.1. The van der Waals surface area contributed by atoms with Gasteiger partial charge in [0.25, 0.3) is 5.91 Å². The Balaban J connectivity index is 0.00000341. The van der Waals surface area contributed by atoms with Crippen molar-refractivity contribution in [2.24, 2.45) is 5.41 Å². The quantitative estimate of drug-likeness (QED) is 0.735. The summed E-state index contributed by atoms with van der Waals surface area (Å²) in [7, 11) is 0. The summed E-state index contributed by atoms with van der Waals surface area (Å²) < 4.78 is 0. The topological polar surface area (TPSA) is 113 Å². The Morgan fingerprint density at radius 1 is 1.13 bits per heavy atom. The largest absolute Gasteiger partial charge is 0.383 e. The fraction of sp³-hybridized carbons (Fsp3) is 0.455. The van der Waals surface area contributed by atoms with Crippen molar-refractivity contribution >= 4 is 23.3 Å². The smallest absolute Gasteiger partial charge is 0.252 e. The van der Waals surface area contributed by atoms with Crippen LogP contribution in [0.15, 0.2) is 36.5 Å². The van der Waals surface area contributed by atoms with E-state index >= 15 is 0 Å². The Hall–Kier alpha value is -3.00. The molecule has 2 aromatic rings. The minimum Gasteiger partial charge on any atom is -0.383 e. The van der Waals surface area contributed by atoms with Crippen LogP contribution in [0.4, 0.5) is 11.6 Å². The van der Waals surface area contributed by atoms with Crippen LogP contribution in [0.1, 0.15) is 47.5 Å². The van der Waals surface area contributed by atoms with Gasteiger partial charge in [-0.3, -0.25) is 9.59 Å². The molecule has 0 saturated carbocycles. The molecule has 1 amide bonds. The summed E-state index contributed by atoms with van der Waals surface area (Å²) >= 11 is 0. The molecule has 0 bridgehead atoms. The number of amides is 1. The number of aliphatic hydroxyl groups is 1. The maximum Gasteiger partial charge on any atom is 0.252 e. The number of nitrogens with zero attached hydrogens (tertiary/aromatic N) is 4. The second-order valence-corrected chi connectivity index (χ2v) is 8.58. The Morgan fingerprint density at radius 3 is 2.60 bits per heavy atom. The maximum atomic E-state index is 12.8. The predicted octanol–water partition coefficient (Wildman–Crippen LogP) is 2.47. The van der Waals surface area contributed by atoms with Gasteiger partial charge in [-0.2, -0.15) is 0 Å². The first-order valence-electron chi connectivity index (χ1n) is 10.1. The Morgan fingerprint density at radius 2 is 1.90 bits per heavy atom. The molecular weight excluding hydrogens is 382 g/mol. The van der Waals surface area contributed by atoms with Gasteiger partial charge in [-0.1, -0.05) is 26.8 Å². The van der Waals surface area contributed by atoms with Crippen molar-refractivity contribution in [2.75, 3.05) is 36.8 Å². The lowest BCUT2D eigenvalue weighted by molar-refractivity contribution is -0.145. The third-order valence-corrected chi connectivity index (χ3v) is 5.24. The van der Waals surface area contributed by atoms with Crippen molar-refractivity contribution in [1.29, 1.82) is 0 Å². The predicted molar refractivity (Wildman–Crippen MR) is 122 cm³/mol. The summed E-state index contributed by atoms with van der Waals surface area (Å²) in [4.78, 5) is 37.7. The highest BCUT2D eigenvalue weighted by Crippen LogP contribution is 2.22. The highest BCUT2D eigenvalue weighted by atomic mass is 16.3. The van der Waals surface area contributed by atoms with Crippen molar-refractivity contribution in [3.8, 4) is 0 Å². The van der Waals surface area contributed by atoms with Gasteiger partial charge in [0, 0.05) is 36.7 Å². The minimum atomic E-state index is -1.03. The Labute approximate surface area is 181 Å². The van der Waals surface area contributed by atoms with Crippen molar-refractivity contribution in [3.05, 3.63) is 47.8 Å². The lowest BCUT2D eigenvalue weighted by atomic mass is 9.88. The minimum absolute atomic E-state index is 0. The summed E-state index contributed by atoms with van der Waals surface area (Å²) in [6, 6.07) is 8.60. The summed E-state index contributed by atoms with van der Waals surface area (Å²) in [6.45, 7) is 7.88. The second kappa shape index (κ2) is 8.79. The number of anilines is 2.